The summed E-state index contributed by atoms with van der Waals surface area (Å²) in [4.78, 5) is 21.6. The van der Waals surface area contributed by atoms with E-state index >= 15 is 0 Å². The number of aliphatic hydroxyl groups excluding tert-OH is 4. The third-order valence-corrected chi connectivity index (χ3v) is 10.4. The van der Waals surface area contributed by atoms with Crippen molar-refractivity contribution in [1.29, 1.82) is 0 Å². The van der Waals surface area contributed by atoms with Crippen molar-refractivity contribution in [2.45, 2.75) is 61.8 Å². The number of piperidine rings is 1. The number of aromatic amines is 1. The Morgan fingerprint density at radius 3 is 2.52 bits per heavy atom. The summed E-state index contributed by atoms with van der Waals surface area (Å²) in [5.41, 5.74) is 2.74. The van der Waals surface area contributed by atoms with Crippen LogP contribution in [0, 0.1) is 5.92 Å². The van der Waals surface area contributed by atoms with Gasteiger partial charge in [0.15, 0.2) is 0 Å². The molecule has 5 N–H and O–H groups in total. The lowest BCUT2D eigenvalue weighted by Crippen LogP contribution is -2.60. The van der Waals surface area contributed by atoms with Gasteiger partial charge in [-0.3, -0.25) is 4.79 Å². The standard InChI is InChI=1S/C36H42ClN3O8/c1-19(37)25-16-40(35(45)27-14-21-13-22(7-8-26(21)38-27)46-18-20-9-11-39(2)12-10-20)28-15-29(23-5-3-4-6-24(23)31(25)28)47-36-34(44)33(43)32(42)30(17-41)48-36/h3-8,13-15,19-20,25,30,32-34,36,38,41-44H,9-12,16-18H2,1-2H3/t19-,25+,30?,32+,33?,34?,36-/m1/s1. The molecule has 12 heteroatoms. The van der Waals surface area contributed by atoms with E-state index in [1.807, 2.05) is 55.5 Å². The fourth-order valence-electron chi connectivity index (χ4n) is 7.21. The lowest BCUT2D eigenvalue weighted by molar-refractivity contribution is -0.277. The molecule has 0 aliphatic carbocycles. The number of aliphatic hydroxyl groups is 4. The van der Waals surface area contributed by atoms with E-state index in [1.54, 1.807) is 11.0 Å². The van der Waals surface area contributed by atoms with Crippen LogP contribution in [0.2, 0.25) is 0 Å². The summed E-state index contributed by atoms with van der Waals surface area (Å²) in [6.45, 7) is 4.50. The van der Waals surface area contributed by atoms with Gasteiger partial charge in [-0.25, -0.2) is 0 Å². The molecule has 0 spiro atoms. The van der Waals surface area contributed by atoms with Crippen LogP contribution in [0.5, 0.6) is 11.5 Å². The topological polar surface area (TPSA) is 148 Å². The predicted octanol–water partition coefficient (Wildman–Crippen LogP) is 3.59. The number of alkyl halides is 1. The Morgan fingerprint density at radius 1 is 1.04 bits per heavy atom. The van der Waals surface area contributed by atoms with Crippen LogP contribution in [-0.4, -0.2) is 112 Å². The normalized spacial score (nSPS) is 27.4. The van der Waals surface area contributed by atoms with Crippen LogP contribution in [0.25, 0.3) is 21.7 Å². The number of benzene rings is 3. The molecule has 1 amide bonds. The summed E-state index contributed by atoms with van der Waals surface area (Å²) in [6.07, 6.45) is -4.98. The molecule has 0 saturated carbocycles. The van der Waals surface area contributed by atoms with Gasteiger partial charge in [0.2, 0.25) is 6.29 Å². The van der Waals surface area contributed by atoms with Crippen LogP contribution < -0.4 is 14.4 Å². The number of halogens is 1. The molecule has 4 aromatic rings. The second kappa shape index (κ2) is 13.5. The highest BCUT2D eigenvalue weighted by molar-refractivity contribution is 6.22. The monoisotopic (exact) mass is 679 g/mol. The quantitative estimate of drug-likeness (QED) is 0.176. The summed E-state index contributed by atoms with van der Waals surface area (Å²) in [5, 5.41) is 43.1. The summed E-state index contributed by atoms with van der Waals surface area (Å²) in [7, 11) is 2.15. The number of carbonyl (C=O) groups excluding carboxylic acids is 1. The van der Waals surface area contributed by atoms with E-state index in [9.17, 15) is 25.2 Å². The van der Waals surface area contributed by atoms with Crippen LogP contribution in [0.3, 0.4) is 0 Å². The third-order valence-electron chi connectivity index (χ3n) is 10.1. The van der Waals surface area contributed by atoms with Gasteiger partial charge in [-0.15, -0.1) is 11.6 Å². The van der Waals surface area contributed by atoms with E-state index in [0.717, 1.165) is 53.5 Å². The van der Waals surface area contributed by atoms with Gasteiger partial charge in [-0.05, 0) is 81.0 Å². The first kappa shape index (κ1) is 33.1. The molecule has 0 bridgehead atoms. The van der Waals surface area contributed by atoms with E-state index < -0.39 is 37.3 Å². The lowest BCUT2D eigenvalue weighted by Gasteiger charge is -2.39. The number of nitrogens with one attached hydrogen (secondary N) is 1. The Balaban J connectivity index is 1.19. The van der Waals surface area contributed by atoms with Crippen molar-refractivity contribution in [3.63, 3.8) is 0 Å². The van der Waals surface area contributed by atoms with Crippen LogP contribution in [0.4, 0.5) is 5.69 Å². The maximum Gasteiger partial charge on any atom is 0.274 e. The highest BCUT2D eigenvalue weighted by Gasteiger charge is 2.45. The molecule has 3 aliphatic rings. The lowest BCUT2D eigenvalue weighted by atomic mass is 9.92. The van der Waals surface area contributed by atoms with Gasteiger partial charge >= 0.3 is 0 Å². The molecule has 3 aliphatic heterocycles. The zero-order valence-electron chi connectivity index (χ0n) is 27.0. The predicted molar refractivity (Wildman–Crippen MR) is 182 cm³/mol. The van der Waals surface area contributed by atoms with Crippen molar-refractivity contribution < 1.29 is 39.4 Å². The van der Waals surface area contributed by atoms with Crippen molar-refractivity contribution in [3.05, 3.63) is 65.9 Å². The zero-order chi connectivity index (χ0) is 33.7. The van der Waals surface area contributed by atoms with Crippen molar-refractivity contribution in [2.24, 2.45) is 5.92 Å². The second-order valence-corrected chi connectivity index (χ2v) is 14.0. The smallest absolute Gasteiger partial charge is 0.274 e. The highest BCUT2D eigenvalue weighted by Crippen LogP contribution is 2.48. The van der Waals surface area contributed by atoms with Gasteiger partial charge in [0, 0.05) is 40.2 Å². The molecule has 3 aromatic carbocycles. The molecule has 7 rings (SSSR count). The number of hydrogen-bond acceptors (Lipinski definition) is 9. The van der Waals surface area contributed by atoms with Crippen LogP contribution >= 0.6 is 11.6 Å². The number of ether oxygens (including phenoxy) is 3. The number of nitrogens with zero attached hydrogens (tertiary/aromatic N) is 2. The Bertz CT molecular complexity index is 1790. The Morgan fingerprint density at radius 2 is 1.79 bits per heavy atom. The fraction of sp³-hybridized carbons (Fsp3) is 0.472. The maximum atomic E-state index is 14.3. The van der Waals surface area contributed by atoms with Gasteiger partial charge < -0.3 is 49.4 Å². The molecule has 7 atom stereocenters. The summed E-state index contributed by atoms with van der Waals surface area (Å²) >= 11 is 6.76. The van der Waals surface area contributed by atoms with Gasteiger partial charge in [0.1, 0.15) is 41.6 Å². The summed E-state index contributed by atoms with van der Waals surface area (Å²) in [6, 6.07) is 16.9. The minimum absolute atomic E-state index is 0.180. The first-order chi connectivity index (χ1) is 23.1. The first-order valence-electron chi connectivity index (χ1n) is 16.6. The first-order valence-corrected chi connectivity index (χ1v) is 17.0. The SMILES string of the molecule is C[C@@H](Cl)[C@@H]1CN(C(=O)c2cc3cc(OCC4CCN(C)CC4)ccc3[nH]2)c2cc(O[C@@H]3OC(CO)[C@H](O)C(O)C3O)c3ccccc3c21. The molecule has 48 heavy (non-hydrogen) atoms. The number of likely N-dealkylation sites (tertiary alicyclic amines) is 1. The summed E-state index contributed by atoms with van der Waals surface area (Å²) in [5.74, 6) is 1.18. The minimum Gasteiger partial charge on any atom is -0.493 e. The van der Waals surface area contributed by atoms with Crippen molar-refractivity contribution >= 4 is 44.9 Å². The van der Waals surface area contributed by atoms with E-state index in [-0.39, 0.29) is 17.2 Å². The minimum atomic E-state index is -1.59. The van der Waals surface area contributed by atoms with Crippen LogP contribution in [0.1, 0.15) is 41.7 Å². The molecule has 4 heterocycles. The van der Waals surface area contributed by atoms with Crippen molar-refractivity contribution in [3.8, 4) is 11.5 Å². The molecule has 256 valence electrons. The van der Waals surface area contributed by atoms with E-state index in [2.05, 4.69) is 16.9 Å². The number of anilines is 1. The molecular formula is C36H42ClN3O8. The summed E-state index contributed by atoms with van der Waals surface area (Å²) < 4.78 is 18.0. The highest BCUT2D eigenvalue weighted by atomic mass is 35.5. The van der Waals surface area contributed by atoms with Gasteiger partial charge in [0.05, 0.1) is 18.9 Å². The zero-order valence-corrected chi connectivity index (χ0v) is 27.7. The van der Waals surface area contributed by atoms with Crippen LogP contribution in [0.15, 0.2) is 54.6 Å². The molecule has 11 nitrogen and oxygen atoms in total. The Hall–Kier alpha value is -3.42. The number of H-pyrrole nitrogens is 1. The Kier molecular flexibility index (Phi) is 9.29. The number of carbonyl (C=O) groups is 1. The fourth-order valence-corrected chi connectivity index (χ4v) is 7.41. The average molecular weight is 680 g/mol. The van der Waals surface area contributed by atoms with Crippen molar-refractivity contribution in [1.82, 2.24) is 9.88 Å². The van der Waals surface area contributed by atoms with Gasteiger partial charge in [-0.2, -0.15) is 0 Å². The number of amides is 1. The van der Waals surface area contributed by atoms with E-state index in [0.29, 0.717) is 41.6 Å². The van der Waals surface area contributed by atoms with E-state index in [1.165, 1.54) is 0 Å². The second-order valence-electron chi connectivity index (χ2n) is 13.4. The van der Waals surface area contributed by atoms with Crippen LogP contribution in [-0.2, 0) is 4.74 Å². The number of rotatable bonds is 8. The molecule has 0 radical (unpaired) electrons. The Labute approximate surface area is 283 Å². The molecular weight excluding hydrogens is 638 g/mol. The number of hydrogen-bond donors (Lipinski definition) is 5. The van der Waals surface area contributed by atoms with E-state index in [4.69, 9.17) is 25.8 Å². The maximum absolute atomic E-state index is 14.3. The number of fused-ring (bicyclic) bond motifs is 4. The largest absolute Gasteiger partial charge is 0.493 e. The molecule has 1 aromatic heterocycles. The molecule has 3 unspecified atom stereocenters. The number of aromatic nitrogens is 1. The third kappa shape index (κ3) is 6.13. The molecule has 2 saturated heterocycles. The average Bonchev–Trinajstić information content (AvgIpc) is 3.70. The molecule has 2 fully saturated rings. The van der Waals surface area contributed by atoms with Gasteiger partial charge in [0.25, 0.3) is 5.91 Å². The van der Waals surface area contributed by atoms with Crippen molar-refractivity contribution in [2.75, 3.05) is 44.8 Å². The van der Waals surface area contributed by atoms with Gasteiger partial charge in [-0.1, -0.05) is 24.3 Å².